The van der Waals surface area contributed by atoms with Gasteiger partial charge in [-0.3, -0.25) is 0 Å². The molecule has 0 amide bonds. The largest absolute Gasteiger partial charge is 0.504 e. The highest BCUT2D eigenvalue weighted by molar-refractivity contribution is 6.31. The van der Waals surface area contributed by atoms with Gasteiger partial charge in [-0.15, -0.1) is 0 Å². The number of rotatable bonds is 3. The molecule has 0 fully saturated rings. The van der Waals surface area contributed by atoms with Gasteiger partial charge in [0.25, 0.3) is 0 Å². The molecular formula is C14H15ClNO2+. The summed E-state index contributed by atoms with van der Waals surface area (Å²) < 4.78 is 7.55. The lowest BCUT2D eigenvalue weighted by molar-refractivity contribution is -0.678. The van der Waals surface area contributed by atoms with Gasteiger partial charge in [0, 0.05) is 23.6 Å². The van der Waals surface area contributed by atoms with Crippen LogP contribution in [0.5, 0.6) is 11.5 Å². The maximum absolute atomic E-state index is 9.79. The number of hydrogen-bond donors (Lipinski definition) is 1. The van der Waals surface area contributed by atoms with Crippen LogP contribution in [-0.4, -0.2) is 5.11 Å². The SMILES string of the molecule is Cc1c(OCc2ccccc2Cl)c(O)cc[n+]1C. The smallest absolute Gasteiger partial charge is 0.229 e. The van der Waals surface area contributed by atoms with Gasteiger partial charge in [0.1, 0.15) is 13.7 Å². The zero-order chi connectivity index (χ0) is 13.1. The minimum Gasteiger partial charge on any atom is -0.504 e. The van der Waals surface area contributed by atoms with E-state index in [9.17, 15) is 5.11 Å². The standard InChI is InChI=1S/C14H14ClNO2/c1-10-14(13(17)7-8-16(10)2)18-9-11-5-3-4-6-12(11)15/h3-8H,9H2,1-2H3/p+1. The second kappa shape index (κ2) is 5.27. The van der Waals surface area contributed by atoms with E-state index in [1.165, 1.54) is 0 Å². The molecule has 94 valence electrons. The molecule has 0 aliphatic heterocycles. The molecule has 2 aromatic rings. The van der Waals surface area contributed by atoms with E-state index in [4.69, 9.17) is 16.3 Å². The van der Waals surface area contributed by atoms with Crippen molar-refractivity contribution in [1.29, 1.82) is 0 Å². The Hall–Kier alpha value is -1.74. The average Bonchev–Trinajstić information content (AvgIpc) is 2.36. The molecule has 0 saturated carbocycles. The van der Waals surface area contributed by atoms with E-state index < -0.39 is 0 Å². The van der Waals surface area contributed by atoms with Crippen molar-refractivity contribution in [2.45, 2.75) is 13.5 Å². The average molecular weight is 265 g/mol. The molecule has 0 aliphatic carbocycles. The van der Waals surface area contributed by atoms with Crippen LogP contribution in [0.4, 0.5) is 0 Å². The van der Waals surface area contributed by atoms with Gasteiger partial charge in [-0.05, 0) is 6.07 Å². The number of halogens is 1. The van der Waals surface area contributed by atoms with Crippen molar-refractivity contribution in [3.8, 4) is 11.5 Å². The number of hydrogen-bond acceptors (Lipinski definition) is 2. The number of aryl methyl sites for hydroxylation is 1. The zero-order valence-electron chi connectivity index (χ0n) is 10.4. The summed E-state index contributed by atoms with van der Waals surface area (Å²) in [4.78, 5) is 0. The van der Waals surface area contributed by atoms with Gasteiger partial charge in [0.2, 0.25) is 11.4 Å². The normalized spacial score (nSPS) is 10.4. The number of ether oxygens (including phenoxy) is 1. The minimum absolute atomic E-state index is 0.137. The minimum atomic E-state index is 0.137. The van der Waals surface area contributed by atoms with E-state index in [1.54, 1.807) is 12.3 Å². The first kappa shape index (κ1) is 12.7. The molecule has 4 heteroatoms. The van der Waals surface area contributed by atoms with E-state index in [0.29, 0.717) is 17.4 Å². The monoisotopic (exact) mass is 264 g/mol. The summed E-state index contributed by atoms with van der Waals surface area (Å²) in [5, 5.41) is 10.5. The lowest BCUT2D eigenvalue weighted by Crippen LogP contribution is -2.31. The number of pyridine rings is 1. The van der Waals surface area contributed by atoms with E-state index in [0.717, 1.165) is 11.3 Å². The first-order chi connectivity index (χ1) is 8.59. The molecule has 0 unspecified atom stereocenters. The van der Waals surface area contributed by atoms with Crippen molar-refractivity contribution in [3.63, 3.8) is 0 Å². The fraction of sp³-hybridized carbons (Fsp3) is 0.214. The second-order valence-electron chi connectivity index (χ2n) is 4.11. The molecule has 0 aliphatic rings. The molecule has 18 heavy (non-hydrogen) atoms. The fourth-order valence-electron chi connectivity index (χ4n) is 1.66. The van der Waals surface area contributed by atoms with E-state index in [1.807, 2.05) is 42.8 Å². The number of aromatic nitrogens is 1. The Bertz CT molecular complexity index is 570. The molecular weight excluding hydrogens is 250 g/mol. The maximum Gasteiger partial charge on any atom is 0.229 e. The molecule has 0 radical (unpaired) electrons. The lowest BCUT2D eigenvalue weighted by Gasteiger charge is -2.09. The molecule has 0 atom stereocenters. The first-order valence-electron chi connectivity index (χ1n) is 5.64. The predicted octanol–water partition coefficient (Wildman–Crippen LogP) is 2.76. The van der Waals surface area contributed by atoms with Gasteiger partial charge in [-0.25, -0.2) is 4.57 Å². The Labute approximate surface area is 111 Å². The van der Waals surface area contributed by atoms with E-state index in [2.05, 4.69) is 0 Å². The quantitative estimate of drug-likeness (QED) is 0.865. The molecule has 3 nitrogen and oxygen atoms in total. The number of benzene rings is 1. The Balaban J connectivity index is 2.21. The van der Waals surface area contributed by atoms with Crippen LogP contribution in [0.25, 0.3) is 0 Å². The first-order valence-corrected chi connectivity index (χ1v) is 6.02. The summed E-state index contributed by atoms with van der Waals surface area (Å²) in [6.07, 6.45) is 1.78. The van der Waals surface area contributed by atoms with Crippen molar-refractivity contribution in [1.82, 2.24) is 0 Å². The van der Waals surface area contributed by atoms with Gasteiger partial charge < -0.3 is 9.84 Å². The van der Waals surface area contributed by atoms with Gasteiger partial charge in [-0.1, -0.05) is 29.8 Å². The van der Waals surface area contributed by atoms with E-state index in [-0.39, 0.29) is 5.75 Å². The third-order valence-electron chi connectivity index (χ3n) is 2.88. The third-order valence-corrected chi connectivity index (χ3v) is 3.24. The van der Waals surface area contributed by atoms with Crippen LogP contribution in [0.15, 0.2) is 36.5 Å². The molecule has 1 aromatic carbocycles. The van der Waals surface area contributed by atoms with Crippen LogP contribution in [0.1, 0.15) is 11.3 Å². The Morgan fingerprint density at radius 1 is 1.28 bits per heavy atom. The molecule has 0 spiro atoms. The van der Waals surface area contributed by atoms with Crippen LogP contribution in [-0.2, 0) is 13.7 Å². The zero-order valence-corrected chi connectivity index (χ0v) is 11.1. The summed E-state index contributed by atoms with van der Waals surface area (Å²) in [6, 6.07) is 9.10. The Kier molecular flexibility index (Phi) is 3.72. The van der Waals surface area contributed by atoms with Crippen LogP contribution in [0.3, 0.4) is 0 Å². The van der Waals surface area contributed by atoms with E-state index >= 15 is 0 Å². The van der Waals surface area contributed by atoms with Crippen molar-refractivity contribution < 1.29 is 14.4 Å². The Morgan fingerprint density at radius 3 is 2.72 bits per heavy atom. The summed E-state index contributed by atoms with van der Waals surface area (Å²) in [7, 11) is 1.90. The third kappa shape index (κ3) is 2.57. The molecule has 1 heterocycles. The molecule has 0 saturated heterocycles. The second-order valence-corrected chi connectivity index (χ2v) is 4.51. The number of aromatic hydroxyl groups is 1. The molecule has 1 aromatic heterocycles. The summed E-state index contributed by atoms with van der Waals surface area (Å²) in [5.41, 5.74) is 1.76. The highest BCUT2D eigenvalue weighted by Crippen LogP contribution is 2.28. The van der Waals surface area contributed by atoms with Gasteiger partial charge in [-0.2, -0.15) is 0 Å². The molecule has 0 bridgehead atoms. The lowest BCUT2D eigenvalue weighted by atomic mass is 10.2. The molecule has 1 N–H and O–H groups in total. The van der Waals surface area contributed by atoms with Crippen LogP contribution in [0.2, 0.25) is 5.02 Å². The fourth-order valence-corrected chi connectivity index (χ4v) is 1.85. The van der Waals surface area contributed by atoms with Crippen molar-refractivity contribution in [2.75, 3.05) is 0 Å². The van der Waals surface area contributed by atoms with Crippen LogP contribution in [0, 0.1) is 6.92 Å². The van der Waals surface area contributed by atoms with Crippen LogP contribution < -0.4 is 9.30 Å². The van der Waals surface area contributed by atoms with Gasteiger partial charge in [0.05, 0.1) is 0 Å². The summed E-state index contributed by atoms with van der Waals surface area (Å²) >= 11 is 6.05. The van der Waals surface area contributed by atoms with Gasteiger partial charge >= 0.3 is 0 Å². The highest BCUT2D eigenvalue weighted by Gasteiger charge is 2.15. The van der Waals surface area contributed by atoms with Gasteiger partial charge in [0.15, 0.2) is 11.9 Å². The van der Waals surface area contributed by atoms with Crippen molar-refractivity contribution in [2.24, 2.45) is 7.05 Å². The Morgan fingerprint density at radius 2 is 2.00 bits per heavy atom. The van der Waals surface area contributed by atoms with Crippen molar-refractivity contribution in [3.05, 3.63) is 52.8 Å². The summed E-state index contributed by atoms with van der Waals surface area (Å²) in [5.74, 6) is 0.623. The van der Waals surface area contributed by atoms with Crippen molar-refractivity contribution >= 4 is 11.6 Å². The maximum atomic E-state index is 9.79. The summed E-state index contributed by atoms with van der Waals surface area (Å²) in [6.45, 7) is 2.22. The highest BCUT2D eigenvalue weighted by atomic mass is 35.5. The predicted molar refractivity (Wildman–Crippen MR) is 69.8 cm³/mol. The van der Waals surface area contributed by atoms with Crippen LogP contribution >= 0.6 is 11.6 Å². The molecule has 2 rings (SSSR count). The topological polar surface area (TPSA) is 33.3 Å². The number of nitrogens with zero attached hydrogens (tertiary/aromatic N) is 1.